The van der Waals surface area contributed by atoms with Gasteiger partial charge in [-0.15, -0.1) is 0 Å². The number of hydrogen-bond acceptors (Lipinski definition) is 3. The number of anilines is 1. The lowest BCUT2D eigenvalue weighted by molar-refractivity contribution is -0.141. The molecule has 0 aliphatic heterocycles. The zero-order valence-electron chi connectivity index (χ0n) is 19.0. The summed E-state index contributed by atoms with van der Waals surface area (Å²) < 4.78 is 1.77. The van der Waals surface area contributed by atoms with Crippen molar-refractivity contribution in [3.05, 3.63) is 41.6 Å². The molecule has 0 bridgehead atoms. The molecule has 1 heterocycles. The second-order valence-electron chi connectivity index (χ2n) is 9.48. The highest BCUT2D eigenvalue weighted by Crippen LogP contribution is 2.27. The van der Waals surface area contributed by atoms with Crippen LogP contribution in [0.15, 0.2) is 30.3 Å². The molecule has 2 aromatic rings. The standard InChI is InChI=1S/C23H34N4O2/c1-9-26(21(29)23(6,7)8)15-20(28)24-19-14-18(22(3,4)5)25-27(19)17-13-11-10-12-16(17)2/h10-14H,9,15H2,1-8H3,(H,24,28). The predicted octanol–water partition coefficient (Wildman–Crippen LogP) is 4.31. The van der Waals surface area contributed by atoms with Crippen molar-refractivity contribution in [3.63, 3.8) is 0 Å². The van der Waals surface area contributed by atoms with Gasteiger partial charge in [0.05, 0.1) is 17.9 Å². The third-order valence-corrected chi connectivity index (χ3v) is 4.73. The van der Waals surface area contributed by atoms with Crippen LogP contribution in [0, 0.1) is 12.3 Å². The smallest absolute Gasteiger partial charge is 0.245 e. The first-order valence-electron chi connectivity index (χ1n) is 10.1. The highest BCUT2D eigenvalue weighted by atomic mass is 16.2. The van der Waals surface area contributed by atoms with E-state index >= 15 is 0 Å². The van der Waals surface area contributed by atoms with Crippen LogP contribution in [0.2, 0.25) is 0 Å². The van der Waals surface area contributed by atoms with Gasteiger partial charge in [-0.25, -0.2) is 4.68 Å². The molecular formula is C23H34N4O2. The van der Waals surface area contributed by atoms with E-state index in [1.54, 1.807) is 9.58 Å². The number of para-hydroxylation sites is 1. The molecule has 6 heteroatoms. The van der Waals surface area contributed by atoms with E-state index in [1.165, 1.54) is 0 Å². The fraction of sp³-hybridized carbons (Fsp3) is 0.522. The Hall–Kier alpha value is -2.63. The van der Waals surface area contributed by atoms with Gasteiger partial charge < -0.3 is 10.2 Å². The number of carbonyl (C=O) groups excluding carboxylic acids is 2. The number of carbonyl (C=O) groups is 2. The highest BCUT2D eigenvalue weighted by Gasteiger charge is 2.28. The number of hydrogen-bond donors (Lipinski definition) is 1. The number of likely N-dealkylation sites (N-methyl/N-ethyl adjacent to an activating group) is 1. The molecule has 0 unspecified atom stereocenters. The quantitative estimate of drug-likeness (QED) is 0.816. The van der Waals surface area contributed by atoms with Gasteiger partial charge in [0.15, 0.2) is 0 Å². The van der Waals surface area contributed by atoms with Gasteiger partial charge in [0.25, 0.3) is 0 Å². The van der Waals surface area contributed by atoms with Crippen LogP contribution < -0.4 is 5.32 Å². The van der Waals surface area contributed by atoms with Crippen LogP contribution in [-0.4, -0.2) is 39.6 Å². The van der Waals surface area contributed by atoms with Crippen LogP contribution in [0.1, 0.15) is 59.7 Å². The fourth-order valence-corrected chi connectivity index (χ4v) is 2.98. The lowest BCUT2D eigenvalue weighted by Gasteiger charge is -2.28. The molecule has 0 saturated carbocycles. The lowest BCUT2D eigenvalue weighted by Crippen LogP contribution is -2.43. The van der Waals surface area contributed by atoms with Crippen LogP contribution in [0.4, 0.5) is 5.82 Å². The van der Waals surface area contributed by atoms with E-state index in [0.29, 0.717) is 12.4 Å². The van der Waals surface area contributed by atoms with Gasteiger partial charge in [-0.1, -0.05) is 59.7 Å². The van der Waals surface area contributed by atoms with Crippen LogP contribution in [0.25, 0.3) is 5.69 Å². The number of nitrogens with zero attached hydrogens (tertiary/aromatic N) is 3. The predicted molar refractivity (Wildman–Crippen MR) is 117 cm³/mol. The van der Waals surface area contributed by atoms with Gasteiger partial charge >= 0.3 is 0 Å². The lowest BCUT2D eigenvalue weighted by atomic mass is 9.92. The van der Waals surface area contributed by atoms with Crippen molar-refractivity contribution >= 4 is 17.6 Å². The number of rotatable bonds is 5. The van der Waals surface area contributed by atoms with Crippen LogP contribution in [0.3, 0.4) is 0 Å². The third kappa shape index (κ3) is 5.46. The molecule has 6 nitrogen and oxygen atoms in total. The molecule has 1 N–H and O–H groups in total. The van der Waals surface area contributed by atoms with Crippen LogP contribution in [0.5, 0.6) is 0 Å². The van der Waals surface area contributed by atoms with Crippen molar-refractivity contribution in [2.75, 3.05) is 18.4 Å². The second-order valence-corrected chi connectivity index (χ2v) is 9.48. The maximum absolute atomic E-state index is 12.8. The number of benzene rings is 1. The molecule has 0 spiro atoms. The molecule has 158 valence electrons. The van der Waals surface area contributed by atoms with Crippen molar-refractivity contribution in [2.24, 2.45) is 5.41 Å². The minimum absolute atomic E-state index is 0.0103. The normalized spacial score (nSPS) is 12.0. The summed E-state index contributed by atoms with van der Waals surface area (Å²) in [6, 6.07) is 9.83. The number of amides is 2. The monoisotopic (exact) mass is 398 g/mol. The third-order valence-electron chi connectivity index (χ3n) is 4.73. The summed E-state index contributed by atoms with van der Waals surface area (Å²) in [6.45, 7) is 16.2. The average molecular weight is 399 g/mol. The molecule has 0 atom stereocenters. The summed E-state index contributed by atoms with van der Waals surface area (Å²) in [7, 11) is 0. The van der Waals surface area contributed by atoms with E-state index in [0.717, 1.165) is 16.9 Å². The minimum atomic E-state index is -0.529. The Bertz CT molecular complexity index is 885. The van der Waals surface area contributed by atoms with Crippen molar-refractivity contribution in [1.29, 1.82) is 0 Å². The molecular weight excluding hydrogens is 364 g/mol. The van der Waals surface area contributed by atoms with Crippen molar-refractivity contribution in [1.82, 2.24) is 14.7 Å². The van der Waals surface area contributed by atoms with E-state index < -0.39 is 5.41 Å². The summed E-state index contributed by atoms with van der Waals surface area (Å²) in [5, 5.41) is 7.73. The van der Waals surface area contributed by atoms with Crippen molar-refractivity contribution < 1.29 is 9.59 Å². The van der Waals surface area contributed by atoms with Gasteiger partial charge in [0.1, 0.15) is 5.82 Å². The first-order chi connectivity index (χ1) is 13.3. The minimum Gasteiger partial charge on any atom is -0.333 e. The Labute approximate surface area is 174 Å². The SMILES string of the molecule is CCN(CC(=O)Nc1cc(C(C)(C)C)nn1-c1ccccc1C)C(=O)C(C)(C)C. The molecule has 0 radical (unpaired) electrons. The highest BCUT2D eigenvalue weighted by molar-refractivity contribution is 5.95. The van der Waals surface area contributed by atoms with E-state index in [-0.39, 0.29) is 23.8 Å². The summed E-state index contributed by atoms with van der Waals surface area (Å²) in [4.78, 5) is 27.0. The van der Waals surface area contributed by atoms with E-state index in [4.69, 9.17) is 5.10 Å². The van der Waals surface area contributed by atoms with E-state index in [1.807, 2.05) is 65.0 Å². The van der Waals surface area contributed by atoms with Gasteiger partial charge in [0.2, 0.25) is 11.8 Å². The Kier molecular flexibility index (Phi) is 6.56. The molecule has 2 rings (SSSR count). The molecule has 0 saturated heterocycles. The summed E-state index contributed by atoms with van der Waals surface area (Å²) in [6.07, 6.45) is 0. The molecule has 1 aromatic carbocycles. The largest absolute Gasteiger partial charge is 0.333 e. The zero-order valence-corrected chi connectivity index (χ0v) is 19.0. The Balaban J connectivity index is 2.34. The number of nitrogens with one attached hydrogen (secondary N) is 1. The maximum Gasteiger partial charge on any atom is 0.245 e. The van der Waals surface area contributed by atoms with Crippen molar-refractivity contribution in [2.45, 2.75) is 60.8 Å². The molecule has 0 aliphatic rings. The zero-order chi connectivity index (χ0) is 22.0. The molecule has 1 aromatic heterocycles. The Morgan fingerprint density at radius 2 is 1.72 bits per heavy atom. The summed E-state index contributed by atoms with van der Waals surface area (Å²) in [5.74, 6) is 0.325. The first-order valence-corrected chi connectivity index (χ1v) is 10.1. The summed E-state index contributed by atoms with van der Waals surface area (Å²) >= 11 is 0. The topological polar surface area (TPSA) is 67.2 Å². The fourth-order valence-electron chi connectivity index (χ4n) is 2.98. The number of aromatic nitrogens is 2. The van der Waals surface area contributed by atoms with Crippen molar-refractivity contribution in [3.8, 4) is 5.69 Å². The second kappa shape index (κ2) is 8.39. The van der Waals surface area contributed by atoms with E-state index in [9.17, 15) is 9.59 Å². The summed E-state index contributed by atoms with van der Waals surface area (Å²) in [5.41, 5.74) is 2.17. The van der Waals surface area contributed by atoms with Gasteiger partial charge in [-0.05, 0) is 25.5 Å². The molecule has 0 fully saturated rings. The van der Waals surface area contributed by atoms with Gasteiger partial charge in [0, 0.05) is 23.4 Å². The first kappa shape index (κ1) is 22.7. The molecule has 29 heavy (non-hydrogen) atoms. The van der Waals surface area contributed by atoms with Crippen LogP contribution in [-0.2, 0) is 15.0 Å². The average Bonchev–Trinajstić information content (AvgIpc) is 3.02. The number of aryl methyl sites for hydroxylation is 1. The Morgan fingerprint density at radius 3 is 2.24 bits per heavy atom. The Morgan fingerprint density at radius 1 is 1.10 bits per heavy atom. The molecule has 2 amide bonds. The van der Waals surface area contributed by atoms with Gasteiger partial charge in [-0.3, -0.25) is 9.59 Å². The van der Waals surface area contributed by atoms with E-state index in [2.05, 4.69) is 26.1 Å². The van der Waals surface area contributed by atoms with Crippen LogP contribution >= 0.6 is 0 Å². The van der Waals surface area contributed by atoms with Gasteiger partial charge in [-0.2, -0.15) is 5.10 Å². The molecule has 0 aliphatic carbocycles. The maximum atomic E-state index is 12.8.